The highest BCUT2D eigenvalue weighted by molar-refractivity contribution is 6.05. The van der Waals surface area contributed by atoms with Gasteiger partial charge in [0.2, 0.25) is 5.91 Å². The monoisotopic (exact) mass is 314 g/mol. The highest BCUT2D eigenvalue weighted by atomic mass is 16.5. The highest BCUT2D eigenvalue weighted by Gasteiger charge is 2.61. The van der Waals surface area contributed by atoms with Gasteiger partial charge in [-0.2, -0.15) is 5.26 Å². The van der Waals surface area contributed by atoms with Crippen LogP contribution in [0.3, 0.4) is 0 Å². The quantitative estimate of drug-likeness (QED) is 0.625. The Balaban J connectivity index is 1.93. The fraction of sp³-hybridized carbons (Fsp3) is 0.471. The fourth-order valence-electron chi connectivity index (χ4n) is 3.39. The third-order valence-electron chi connectivity index (χ3n) is 4.45. The van der Waals surface area contributed by atoms with Crippen molar-refractivity contribution in [2.75, 3.05) is 13.2 Å². The summed E-state index contributed by atoms with van der Waals surface area (Å²) in [6.45, 7) is 2.23. The van der Waals surface area contributed by atoms with E-state index in [-0.39, 0.29) is 31.4 Å². The third-order valence-corrected chi connectivity index (χ3v) is 4.45. The topological polar surface area (TPSA) is 79.6 Å². The van der Waals surface area contributed by atoms with Crippen LogP contribution in [0.1, 0.15) is 31.6 Å². The lowest BCUT2D eigenvalue weighted by atomic mass is 9.82. The minimum Gasteiger partial charge on any atom is -0.465 e. The Morgan fingerprint density at radius 1 is 1.48 bits per heavy atom. The molecule has 2 heterocycles. The molecule has 0 radical (unpaired) electrons. The van der Waals surface area contributed by atoms with E-state index in [2.05, 4.69) is 0 Å². The number of fused-ring (bicyclic) bond motifs is 1. The standard InChI is InChI=1S/C17H18N2O4/c1-2-22-16(21)17(8-9-18)10-13-11-23-14(19(13)15(17)20)12-6-4-3-5-7-12/h3-7,13-14H,2,8,10-11H2,1H3/t13-,14+,17-/m0/s1. The number of carbonyl (C=O) groups excluding carboxylic acids is 2. The maximum Gasteiger partial charge on any atom is 0.322 e. The minimum atomic E-state index is -1.40. The third kappa shape index (κ3) is 2.37. The van der Waals surface area contributed by atoms with Crippen LogP contribution in [-0.4, -0.2) is 36.0 Å². The first-order valence-electron chi connectivity index (χ1n) is 7.67. The summed E-state index contributed by atoms with van der Waals surface area (Å²) in [4.78, 5) is 27.0. The Kier molecular flexibility index (Phi) is 4.05. The summed E-state index contributed by atoms with van der Waals surface area (Å²) in [5.41, 5.74) is -0.536. The molecule has 1 aromatic rings. The number of nitriles is 1. The second-order valence-electron chi connectivity index (χ2n) is 5.80. The zero-order chi connectivity index (χ0) is 16.4. The first kappa shape index (κ1) is 15.5. The van der Waals surface area contributed by atoms with Crippen molar-refractivity contribution in [1.29, 1.82) is 5.26 Å². The molecule has 6 nitrogen and oxygen atoms in total. The van der Waals surface area contributed by atoms with Crippen molar-refractivity contribution < 1.29 is 19.1 Å². The van der Waals surface area contributed by atoms with Crippen LogP contribution in [0.4, 0.5) is 0 Å². The first-order chi connectivity index (χ1) is 11.1. The van der Waals surface area contributed by atoms with Gasteiger partial charge < -0.3 is 14.4 Å². The maximum atomic E-state index is 13.0. The van der Waals surface area contributed by atoms with E-state index >= 15 is 0 Å². The Hall–Kier alpha value is -2.39. The number of esters is 1. The van der Waals surface area contributed by atoms with E-state index in [1.165, 1.54) is 0 Å². The molecule has 1 amide bonds. The van der Waals surface area contributed by atoms with Crippen LogP contribution in [0.25, 0.3) is 0 Å². The molecule has 0 aromatic heterocycles. The van der Waals surface area contributed by atoms with E-state index < -0.39 is 17.6 Å². The summed E-state index contributed by atoms with van der Waals surface area (Å²) in [5.74, 6) is -0.971. The Bertz CT molecular complexity index is 654. The van der Waals surface area contributed by atoms with Gasteiger partial charge in [0.15, 0.2) is 11.6 Å². The summed E-state index contributed by atoms with van der Waals surface area (Å²) in [6, 6.07) is 11.2. The molecule has 3 atom stereocenters. The molecular formula is C17H18N2O4. The molecule has 23 heavy (non-hydrogen) atoms. The molecule has 0 saturated carbocycles. The molecule has 3 rings (SSSR count). The molecule has 0 N–H and O–H groups in total. The summed E-state index contributed by atoms with van der Waals surface area (Å²) >= 11 is 0. The van der Waals surface area contributed by atoms with Crippen molar-refractivity contribution >= 4 is 11.9 Å². The molecular weight excluding hydrogens is 296 g/mol. The van der Waals surface area contributed by atoms with E-state index in [0.717, 1.165) is 5.56 Å². The molecule has 2 aliphatic rings. The smallest absolute Gasteiger partial charge is 0.322 e. The van der Waals surface area contributed by atoms with Gasteiger partial charge in [-0.15, -0.1) is 0 Å². The molecule has 2 saturated heterocycles. The van der Waals surface area contributed by atoms with Crippen molar-refractivity contribution in [3.05, 3.63) is 35.9 Å². The van der Waals surface area contributed by atoms with Crippen LogP contribution >= 0.6 is 0 Å². The van der Waals surface area contributed by atoms with E-state index in [1.54, 1.807) is 11.8 Å². The highest BCUT2D eigenvalue weighted by Crippen LogP contribution is 2.47. The molecule has 0 bridgehead atoms. The van der Waals surface area contributed by atoms with E-state index in [4.69, 9.17) is 14.7 Å². The zero-order valence-electron chi connectivity index (χ0n) is 12.9. The Morgan fingerprint density at radius 2 is 2.22 bits per heavy atom. The van der Waals surface area contributed by atoms with Gasteiger partial charge in [-0.1, -0.05) is 30.3 Å². The lowest BCUT2D eigenvalue weighted by Crippen LogP contribution is -2.42. The SMILES string of the molecule is CCOC(=O)[C@@]1(CC#N)C[C@H]2CO[C@H](c3ccccc3)N2C1=O. The minimum absolute atomic E-state index is 0.167. The van der Waals surface area contributed by atoms with Crippen molar-refractivity contribution in [3.63, 3.8) is 0 Å². The molecule has 6 heteroatoms. The molecule has 0 unspecified atom stereocenters. The van der Waals surface area contributed by atoms with Gasteiger partial charge >= 0.3 is 5.97 Å². The Morgan fingerprint density at radius 3 is 2.87 bits per heavy atom. The van der Waals surface area contributed by atoms with Crippen molar-refractivity contribution in [2.24, 2.45) is 5.41 Å². The lowest BCUT2D eigenvalue weighted by Gasteiger charge is -2.26. The normalized spacial score (nSPS) is 29.2. The van der Waals surface area contributed by atoms with Crippen LogP contribution in [0.15, 0.2) is 30.3 Å². The van der Waals surface area contributed by atoms with Crippen molar-refractivity contribution in [1.82, 2.24) is 4.90 Å². The molecule has 120 valence electrons. The molecule has 0 aliphatic carbocycles. The van der Waals surface area contributed by atoms with Gasteiger partial charge in [-0.25, -0.2) is 0 Å². The molecule has 2 aliphatic heterocycles. The van der Waals surface area contributed by atoms with Crippen LogP contribution in [0, 0.1) is 16.7 Å². The van der Waals surface area contributed by atoms with E-state index in [0.29, 0.717) is 6.61 Å². The summed E-state index contributed by atoms with van der Waals surface area (Å²) < 4.78 is 10.8. The zero-order valence-corrected chi connectivity index (χ0v) is 12.9. The number of carbonyl (C=O) groups is 2. The van der Waals surface area contributed by atoms with Gasteiger partial charge in [-0.05, 0) is 13.3 Å². The van der Waals surface area contributed by atoms with Crippen molar-refractivity contribution in [2.45, 2.75) is 32.0 Å². The molecule has 0 spiro atoms. The largest absolute Gasteiger partial charge is 0.465 e. The average Bonchev–Trinajstić information content (AvgIpc) is 3.08. The van der Waals surface area contributed by atoms with Gasteiger partial charge in [-0.3, -0.25) is 9.59 Å². The average molecular weight is 314 g/mol. The van der Waals surface area contributed by atoms with Crippen LogP contribution in [-0.2, 0) is 19.1 Å². The number of benzene rings is 1. The fourth-order valence-corrected chi connectivity index (χ4v) is 3.39. The molecule has 2 fully saturated rings. The first-order valence-corrected chi connectivity index (χ1v) is 7.67. The van der Waals surface area contributed by atoms with Crippen molar-refractivity contribution in [3.8, 4) is 6.07 Å². The predicted octanol–water partition coefficient (Wildman–Crippen LogP) is 1.78. The maximum absolute atomic E-state index is 13.0. The number of nitrogens with zero attached hydrogens (tertiary/aromatic N) is 2. The van der Waals surface area contributed by atoms with Gasteiger partial charge in [0.05, 0.1) is 31.7 Å². The number of ether oxygens (including phenoxy) is 2. The summed E-state index contributed by atoms with van der Waals surface area (Å²) in [5, 5.41) is 9.11. The van der Waals surface area contributed by atoms with Crippen LogP contribution in [0.5, 0.6) is 0 Å². The van der Waals surface area contributed by atoms with E-state index in [1.807, 2.05) is 36.4 Å². The van der Waals surface area contributed by atoms with Gasteiger partial charge in [0, 0.05) is 5.56 Å². The second-order valence-corrected chi connectivity index (χ2v) is 5.80. The number of amides is 1. The number of hydrogen-bond acceptors (Lipinski definition) is 5. The predicted molar refractivity (Wildman–Crippen MR) is 79.7 cm³/mol. The number of rotatable bonds is 4. The summed E-state index contributed by atoms with van der Waals surface area (Å²) in [7, 11) is 0. The molecule has 1 aromatic carbocycles. The van der Waals surface area contributed by atoms with Gasteiger partial charge in [0.25, 0.3) is 0 Å². The Labute approximate surface area is 134 Å². The lowest BCUT2D eigenvalue weighted by molar-refractivity contribution is -0.163. The van der Waals surface area contributed by atoms with Crippen LogP contribution < -0.4 is 0 Å². The summed E-state index contributed by atoms with van der Waals surface area (Å²) in [6.07, 6.45) is -0.413. The van der Waals surface area contributed by atoms with Gasteiger partial charge in [0.1, 0.15) is 0 Å². The number of hydrogen-bond donors (Lipinski definition) is 0. The van der Waals surface area contributed by atoms with Crippen LogP contribution in [0.2, 0.25) is 0 Å². The van der Waals surface area contributed by atoms with E-state index in [9.17, 15) is 9.59 Å². The second kappa shape index (κ2) is 6.01.